The van der Waals surface area contributed by atoms with Crippen LogP contribution in [0.1, 0.15) is 5.56 Å². The van der Waals surface area contributed by atoms with Gasteiger partial charge in [-0.3, -0.25) is 4.98 Å². The van der Waals surface area contributed by atoms with Gasteiger partial charge in [0, 0.05) is 18.9 Å². The summed E-state index contributed by atoms with van der Waals surface area (Å²) in [5.41, 5.74) is 0.707. The van der Waals surface area contributed by atoms with Gasteiger partial charge in [-0.2, -0.15) is 0 Å². The van der Waals surface area contributed by atoms with Crippen LogP contribution in [0.3, 0.4) is 0 Å². The van der Waals surface area contributed by atoms with E-state index in [1.807, 2.05) is 6.07 Å². The second-order valence-electron chi connectivity index (χ2n) is 3.36. The number of rotatable bonds is 4. The summed E-state index contributed by atoms with van der Waals surface area (Å²) in [6.45, 7) is 0.639. The summed E-state index contributed by atoms with van der Waals surface area (Å²) >= 11 is 0. The van der Waals surface area contributed by atoms with Gasteiger partial charge in [0.15, 0.2) is 0 Å². The van der Waals surface area contributed by atoms with Gasteiger partial charge in [-0.25, -0.2) is 9.37 Å². The Morgan fingerprint density at radius 3 is 2.81 bits per heavy atom. The van der Waals surface area contributed by atoms with Crippen LogP contribution in [0.5, 0.6) is 0 Å². The zero-order chi connectivity index (χ0) is 11.2. The van der Waals surface area contributed by atoms with E-state index in [0.29, 0.717) is 24.3 Å². The van der Waals surface area contributed by atoms with Crippen LogP contribution < -0.4 is 5.32 Å². The zero-order valence-electron chi connectivity index (χ0n) is 8.73. The van der Waals surface area contributed by atoms with E-state index in [4.69, 9.17) is 0 Å². The first-order valence-corrected chi connectivity index (χ1v) is 5.09. The molecular weight excluding hydrogens is 205 g/mol. The molecule has 0 aliphatic heterocycles. The summed E-state index contributed by atoms with van der Waals surface area (Å²) < 4.78 is 13.3. The highest BCUT2D eigenvalue weighted by atomic mass is 19.1. The molecule has 1 aromatic heterocycles. The minimum atomic E-state index is -0.163. The van der Waals surface area contributed by atoms with Crippen molar-refractivity contribution in [2.45, 2.75) is 6.42 Å². The molecule has 1 aromatic carbocycles. The van der Waals surface area contributed by atoms with Crippen LogP contribution in [0.15, 0.2) is 42.9 Å². The summed E-state index contributed by atoms with van der Waals surface area (Å²) in [6, 6.07) is 6.78. The molecule has 1 heterocycles. The first kappa shape index (κ1) is 10.5. The third-order valence-corrected chi connectivity index (χ3v) is 2.22. The average Bonchev–Trinajstić information content (AvgIpc) is 2.33. The van der Waals surface area contributed by atoms with Crippen LogP contribution in [-0.2, 0) is 6.42 Å². The Labute approximate surface area is 93.4 Å². The Morgan fingerprint density at radius 1 is 1.19 bits per heavy atom. The van der Waals surface area contributed by atoms with Crippen molar-refractivity contribution in [1.82, 2.24) is 9.97 Å². The van der Waals surface area contributed by atoms with Gasteiger partial charge in [-0.05, 0) is 18.1 Å². The molecule has 0 amide bonds. The smallest absolute Gasteiger partial charge is 0.144 e. The SMILES string of the molecule is Fc1ccccc1CCNc1cnccn1. The third kappa shape index (κ3) is 2.76. The van der Waals surface area contributed by atoms with Crippen molar-refractivity contribution in [2.75, 3.05) is 11.9 Å². The maximum atomic E-state index is 13.3. The number of nitrogens with zero attached hydrogens (tertiary/aromatic N) is 2. The van der Waals surface area contributed by atoms with Crippen molar-refractivity contribution in [2.24, 2.45) is 0 Å². The number of benzene rings is 1. The molecule has 0 radical (unpaired) electrons. The standard InChI is InChI=1S/C12H12FN3/c13-11-4-2-1-3-10(11)5-6-15-12-9-14-7-8-16-12/h1-4,7-9H,5-6H2,(H,15,16). The van der Waals surface area contributed by atoms with Crippen LogP contribution in [0.25, 0.3) is 0 Å². The van der Waals surface area contributed by atoms with Gasteiger partial charge in [-0.1, -0.05) is 18.2 Å². The molecule has 4 heteroatoms. The Balaban J connectivity index is 1.87. The lowest BCUT2D eigenvalue weighted by molar-refractivity contribution is 0.610. The fourth-order valence-electron chi connectivity index (χ4n) is 1.42. The second-order valence-corrected chi connectivity index (χ2v) is 3.36. The number of nitrogens with one attached hydrogen (secondary N) is 1. The molecular formula is C12H12FN3. The highest BCUT2D eigenvalue weighted by molar-refractivity contribution is 5.30. The van der Waals surface area contributed by atoms with E-state index >= 15 is 0 Å². The lowest BCUT2D eigenvalue weighted by atomic mass is 10.1. The van der Waals surface area contributed by atoms with Crippen LogP contribution in [0.4, 0.5) is 10.2 Å². The van der Waals surface area contributed by atoms with Crippen molar-refractivity contribution in [1.29, 1.82) is 0 Å². The fraction of sp³-hybridized carbons (Fsp3) is 0.167. The Kier molecular flexibility index (Phi) is 3.43. The minimum Gasteiger partial charge on any atom is -0.368 e. The van der Waals surface area contributed by atoms with Crippen molar-refractivity contribution in [3.05, 3.63) is 54.2 Å². The van der Waals surface area contributed by atoms with Gasteiger partial charge in [-0.15, -0.1) is 0 Å². The van der Waals surface area contributed by atoms with Crippen molar-refractivity contribution < 1.29 is 4.39 Å². The number of hydrogen-bond donors (Lipinski definition) is 1. The Bertz CT molecular complexity index is 445. The van der Waals surface area contributed by atoms with E-state index in [2.05, 4.69) is 15.3 Å². The first-order chi connectivity index (χ1) is 7.86. The van der Waals surface area contributed by atoms with Gasteiger partial charge < -0.3 is 5.32 Å². The second kappa shape index (κ2) is 5.21. The summed E-state index contributed by atoms with van der Waals surface area (Å²) in [7, 11) is 0. The quantitative estimate of drug-likeness (QED) is 0.853. The van der Waals surface area contributed by atoms with Gasteiger partial charge in [0.2, 0.25) is 0 Å². The molecule has 0 bridgehead atoms. The van der Waals surface area contributed by atoms with Crippen molar-refractivity contribution >= 4 is 5.82 Å². The summed E-state index contributed by atoms with van der Waals surface area (Å²) in [5.74, 6) is 0.544. The van der Waals surface area contributed by atoms with E-state index in [0.717, 1.165) is 0 Å². The van der Waals surface area contributed by atoms with E-state index in [9.17, 15) is 4.39 Å². The van der Waals surface area contributed by atoms with Crippen LogP contribution in [0, 0.1) is 5.82 Å². The molecule has 82 valence electrons. The lowest BCUT2D eigenvalue weighted by Gasteiger charge is -2.05. The molecule has 2 aromatic rings. The molecule has 0 saturated heterocycles. The van der Waals surface area contributed by atoms with E-state index in [-0.39, 0.29) is 5.82 Å². The number of hydrogen-bond acceptors (Lipinski definition) is 3. The van der Waals surface area contributed by atoms with Crippen LogP contribution in [0.2, 0.25) is 0 Å². The van der Waals surface area contributed by atoms with Crippen molar-refractivity contribution in [3.63, 3.8) is 0 Å². The predicted octanol–water partition coefficient (Wildman–Crippen LogP) is 2.27. The number of aromatic nitrogens is 2. The molecule has 0 saturated carbocycles. The van der Waals surface area contributed by atoms with E-state index < -0.39 is 0 Å². The third-order valence-electron chi connectivity index (χ3n) is 2.22. The van der Waals surface area contributed by atoms with Crippen molar-refractivity contribution in [3.8, 4) is 0 Å². The molecule has 0 fully saturated rings. The minimum absolute atomic E-state index is 0.163. The molecule has 1 N–H and O–H groups in total. The maximum Gasteiger partial charge on any atom is 0.144 e. The molecule has 0 aliphatic rings. The number of anilines is 1. The molecule has 0 aliphatic carbocycles. The molecule has 16 heavy (non-hydrogen) atoms. The summed E-state index contributed by atoms with van der Waals surface area (Å²) in [4.78, 5) is 7.99. The molecule has 3 nitrogen and oxygen atoms in total. The van der Waals surface area contributed by atoms with Gasteiger partial charge >= 0.3 is 0 Å². The Hall–Kier alpha value is -1.97. The van der Waals surface area contributed by atoms with Gasteiger partial charge in [0.1, 0.15) is 11.6 Å². The molecule has 0 unspecified atom stereocenters. The largest absolute Gasteiger partial charge is 0.368 e. The normalized spacial score (nSPS) is 10.1. The number of halogens is 1. The maximum absolute atomic E-state index is 13.3. The molecule has 0 spiro atoms. The van der Waals surface area contributed by atoms with E-state index in [1.165, 1.54) is 6.07 Å². The monoisotopic (exact) mass is 217 g/mol. The average molecular weight is 217 g/mol. The zero-order valence-corrected chi connectivity index (χ0v) is 8.73. The van der Waals surface area contributed by atoms with Crippen LogP contribution >= 0.6 is 0 Å². The van der Waals surface area contributed by atoms with Gasteiger partial charge in [0.25, 0.3) is 0 Å². The first-order valence-electron chi connectivity index (χ1n) is 5.09. The highest BCUT2D eigenvalue weighted by Crippen LogP contribution is 2.07. The topological polar surface area (TPSA) is 37.8 Å². The highest BCUT2D eigenvalue weighted by Gasteiger charge is 1.99. The van der Waals surface area contributed by atoms with E-state index in [1.54, 1.807) is 30.7 Å². The molecule has 0 atom stereocenters. The molecule has 2 rings (SSSR count). The van der Waals surface area contributed by atoms with Crippen LogP contribution in [-0.4, -0.2) is 16.5 Å². The van der Waals surface area contributed by atoms with Gasteiger partial charge in [0.05, 0.1) is 6.20 Å². The lowest BCUT2D eigenvalue weighted by Crippen LogP contribution is -2.07. The summed E-state index contributed by atoms with van der Waals surface area (Å²) in [5, 5.41) is 3.08. The predicted molar refractivity (Wildman–Crippen MR) is 60.6 cm³/mol. The Morgan fingerprint density at radius 2 is 2.06 bits per heavy atom. The fourth-order valence-corrected chi connectivity index (χ4v) is 1.42. The summed E-state index contributed by atoms with van der Waals surface area (Å²) in [6.07, 6.45) is 5.50.